The summed E-state index contributed by atoms with van der Waals surface area (Å²) in [6.07, 6.45) is 0. The maximum Gasteiger partial charge on any atom is 0.339 e. The first-order valence-corrected chi connectivity index (χ1v) is 11.3. The SMILES string of the molecule is COC(=O)c1cc(N2C(=O)[C@H]3C4c5ccccc5C([N+](=O)[O-])(c5ccccc54)[C@H]3C2=O)ccc1Cl. The number of amides is 2. The highest BCUT2D eigenvalue weighted by molar-refractivity contribution is 6.34. The normalized spacial score (nSPS) is 25.7. The van der Waals surface area contributed by atoms with Crippen molar-refractivity contribution in [3.8, 4) is 0 Å². The van der Waals surface area contributed by atoms with Crippen LogP contribution in [0.5, 0.6) is 0 Å². The number of methoxy groups -OCH3 is 1. The molecule has 8 nitrogen and oxygen atoms in total. The van der Waals surface area contributed by atoms with Crippen LogP contribution in [0.3, 0.4) is 0 Å². The zero-order valence-corrected chi connectivity index (χ0v) is 19.1. The maximum absolute atomic E-state index is 14.0. The van der Waals surface area contributed by atoms with E-state index in [0.717, 1.165) is 4.90 Å². The van der Waals surface area contributed by atoms with Gasteiger partial charge >= 0.3 is 5.97 Å². The van der Waals surface area contributed by atoms with E-state index in [1.165, 1.54) is 25.3 Å². The molecule has 0 aromatic heterocycles. The molecule has 0 spiro atoms. The Morgan fingerprint density at radius 1 is 1.00 bits per heavy atom. The Hall–Kier alpha value is -4.04. The van der Waals surface area contributed by atoms with Gasteiger partial charge in [0.2, 0.25) is 11.8 Å². The molecule has 0 N–H and O–H groups in total. The molecule has 1 saturated heterocycles. The predicted molar refractivity (Wildman–Crippen MR) is 125 cm³/mol. The Bertz CT molecular complexity index is 1440. The molecule has 4 aliphatic rings. The summed E-state index contributed by atoms with van der Waals surface area (Å²) in [7, 11) is 1.19. The van der Waals surface area contributed by atoms with Gasteiger partial charge in [0.25, 0.3) is 5.54 Å². The van der Waals surface area contributed by atoms with Crippen LogP contribution in [0.15, 0.2) is 66.7 Å². The Morgan fingerprint density at radius 2 is 1.60 bits per heavy atom. The first kappa shape index (κ1) is 21.5. The molecule has 9 heteroatoms. The van der Waals surface area contributed by atoms with Crippen LogP contribution in [0.1, 0.15) is 38.5 Å². The number of halogens is 1. The summed E-state index contributed by atoms with van der Waals surface area (Å²) in [5.74, 6) is -4.66. The summed E-state index contributed by atoms with van der Waals surface area (Å²) < 4.78 is 4.76. The summed E-state index contributed by atoms with van der Waals surface area (Å²) in [5, 5.41) is 13.1. The number of hydrogen-bond acceptors (Lipinski definition) is 6. The van der Waals surface area contributed by atoms with Gasteiger partial charge in [-0.2, -0.15) is 0 Å². The minimum Gasteiger partial charge on any atom is -0.465 e. The lowest BCUT2D eigenvalue weighted by Gasteiger charge is -2.48. The largest absolute Gasteiger partial charge is 0.465 e. The van der Waals surface area contributed by atoms with Crippen molar-refractivity contribution < 1.29 is 24.0 Å². The summed E-state index contributed by atoms with van der Waals surface area (Å²) in [4.78, 5) is 53.5. The molecule has 0 radical (unpaired) electrons. The van der Waals surface area contributed by atoms with E-state index >= 15 is 0 Å². The molecule has 3 aromatic carbocycles. The predicted octanol–water partition coefficient (Wildman–Crippen LogP) is 3.91. The molecule has 1 heterocycles. The summed E-state index contributed by atoms with van der Waals surface area (Å²) in [6, 6.07) is 18.1. The van der Waals surface area contributed by atoms with Gasteiger partial charge in [-0.3, -0.25) is 19.7 Å². The van der Waals surface area contributed by atoms with Gasteiger partial charge in [-0.15, -0.1) is 0 Å². The van der Waals surface area contributed by atoms with E-state index in [9.17, 15) is 24.5 Å². The monoisotopic (exact) mass is 488 g/mol. The van der Waals surface area contributed by atoms with Crippen LogP contribution in [0.25, 0.3) is 0 Å². The first-order valence-electron chi connectivity index (χ1n) is 10.9. The molecule has 2 bridgehead atoms. The third-order valence-electron chi connectivity index (χ3n) is 7.47. The molecule has 7 rings (SSSR count). The lowest BCUT2D eigenvalue weighted by molar-refractivity contribution is -0.578. The number of nitro groups is 1. The molecule has 35 heavy (non-hydrogen) atoms. The van der Waals surface area contributed by atoms with Crippen LogP contribution < -0.4 is 4.90 Å². The Kier molecular flexibility index (Phi) is 4.44. The van der Waals surface area contributed by atoms with Crippen molar-refractivity contribution in [1.82, 2.24) is 0 Å². The molecule has 2 atom stereocenters. The number of anilines is 1. The molecule has 3 aromatic rings. The molecule has 0 saturated carbocycles. The number of nitrogens with zero attached hydrogens (tertiary/aromatic N) is 2. The molecule has 1 fully saturated rings. The van der Waals surface area contributed by atoms with Gasteiger partial charge in [-0.05, 0) is 29.3 Å². The van der Waals surface area contributed by atoms with E-state index in [1.807, 2.05) is 0 Å². The average molecular weight is 489 g/mol. The maximum atomic E-state index is 14.0. The van der Waals surface area contributed by atoms with Crippen molar-refractivity contribution in [3.05, 3.63) is 110 Å². The summed E-state index contributed by atoms with van der Waals surface area (Å²) >= 11 is 6.13. The fraction of sp³-hybridized carbons (Fsp3) is 0.192. The van der Waals surface area contributed by atoms with Crippen molar-refractivity contribution in [2.24, 2.45) is 11.8 Å². The van der Waals surface area contributed by atoms with Crippen molar-refractivity contribution in [1.29, 1.82) is 0 Å². The smallest absolute Gasteiger partial charge is 0.339 e. The topological polar surface area (TPSA) is 107 Å². The minimum atomic E-state index is -1.91. The van der Waals surface area contributed by atoms with Gasteiger partial charge in [0.05, 0.1) is 29.3 Å². The van der Waals surface area contributed by atoms with Crippen LogP contribution in [-0.2, 0) is 19.9 Å². The Labute approximate surface area is 204 Å². The van der Waals surface area contributed by atoms with E-state index in [0.29, 0.717) is 22.3 Å². The van der Waals surface area contributed by atoms with Gasteiger partial charge in [0.15, 0.2) is 0 Å². The molecule has 0 unspecified atom stereocenters. The number of hydrogen-bond donors (Lipinski definition) is 0. The van der Waals surface area contributed by atoms with Crippen LogP contribution in [-0.4, -0.2) is 29.8 Å². The van der Waals surface area contributed by atoms with Crippen molar-refractivity contribution in [2.45, 2.75) is 11.5 Å². The minimum absolute atomic E-state index is 0.0133. The van der Waals surface area contributed by atoms with E-state index in [4.69, 9.17) is 16.3 Å². The standard InChI is InChI=1S/C26H17ClN2O6/c1-35-25(32)16-12-13(10-11-19(16)27)28-23(30)21-20-14-6-2-4-8-17(14)26(29(33)34,22(21)24(28)31)18-9-5-3-7-15(18)20/h2-12,20-22H,1H3/t20?,21-,22+,26?/m0/s1. The average Bonchev–Trinajstić information content (AvgIpc) is 3.14. The second-order valence-corrected chi connectivity index (χ2v) is 9.25. The number of carbonyl (C=O) groups is 3. The first-order chi connectivity index (χ1) is 16.8. The Balaban J connectivity index is 1.61. The fourth-order valence-corrected chi connectivity index (χ4v) is 6.41. The quantitative estimate of drug-likeness (QED) is 0.239. The van der Waals surface area contributed by atoms with E-state index in [-0.39, 0.29) is 16.3 Å². The van der Waals surface area contributed by atoms with Crippen LogP contribution in [0, 0.1) is 22.0 Å². The van der Waals surface area contributed by atoms with Crippen LogP contribution in [0.2, 0.25) is 5.02 Å². The number of rotatable bonds is 3. The zero-order chi connectivity index (χ0) is 24.6. The van der Waals surface area contributed by atoms with Crippen molar-refractivity contribution >= 4 is 35.1 Å². The zero-order valence-electron chi connectivity index (χ0n) is 18.3. The number of carbonyl (C=O) groups excluding carboxylic acids is 3. The highest BCUT2D eigenvalue weighted by Crippen LogP contribution is 2.64. The van der Waals surface area contributed by atoms with Crippen LogP contribution in [0.4, 0.5) is 5.69 Å². The molecule has 2 amide bonds. The van der Waals surface area contributed by atoms with Crippen molar-refractivity contribution in [2.75, 3.05) is 12.0 Å². The van der Waals surface area contributed by atoms with Gasteiger partial charge in [0.1, 0.15) is 5.92 Å². The fourth-order valence-electron chi connectivity index (χ4n) is 6.22. The van der Waals surface area contributed by atoms with Gasteiger partial charge in [0, 0.05) is 22.0 Å². The number of ether oxygens (including phenoxy) is 1. The molecule has 1 aliphatic heterocycles. The molecular weight excluding hydrogens is 472 g/mol. The van der Waals surface area contributed by atoms with Gasteiger partial charge < -0.3 is 4.74 Å². The Morgan fingerprint density at radius 3 is 2.17 bits per heavy atom. The molecular formula is C26H17ClN2O6. The van der Waals surface area contributed by atoms with E-state index in [1.54, 1.807) is 48.5 Å². The van der Waals surface area contributed by atoms with Gasteiger partial charge in [-0.1, -0.05) is 60.1 Å². The second-order valence-electron chi connectivity index (χ2n) is 8.85. The lowest BCUT2D eigenvalue weighted by atomic mass is 9.51. The molecule has 174 valence electrons. The number of benzene rings is 3. The summed E-state index contributed by atoms with van der Waals surface area (Å²) in [5.41, 5.74) is 0.419. The van der Waals surface area contributed by atoms with E-state index < -0.39 is 46.0 Å². The third kappa shape index (κ3) is 2.49. The van der Waals surface area contributed by atoms with E-state index in [2.05, 4.69) is 0 Å². The van der Waals surface area contributed by atoms with Gasteiger partial charge in [-0.25, -0.2) is 9.69 Å². The molecule has 3 aliphatic carbocycles. The lowest BCUT2D eigenvalue weighted by Crippen LogP contribution is -2.57. The summed E-state index contributed by atoms with van der Waals surface area (Å²) in [6.45, 7) is 0. The number of esters is 1. The number of imide groups is 1. The highest BCUT2D eigenvalue weighted by Gasteiger charge is 2.74. The van der Waals surface area contributed by atoms with Crippen molar-refractivity contribution in [3.63, 3.8) is 0 Å². The second kappa shape index (κ2) is 7.23. The van der Waals surface area contributed by atoms with Crippen LogP contribution >= 0.6 is 11.6 Å². The highest BCUT2D eigenvalue weighted by atomic mass is 35.5. The third-order valence-corrected chi connectivity index (χ3v) is 7.80.